The van der Waals surface area contributed by atoms with Gasteiger partial charge in [0.1, 0.15) is 22.1 Å². The van der Waals surface area contributed by atoms with Crippen molar-refractivity contribution in [2.45, 2.75) is 6.42 Å². The molecule has 7 nitrogen and oxygen atoms in total. The summed E-state index contributed by atoms with van der Waals surface area (Å²) in [6.07, 6.45) is 0.893. The molecular weight excluding hydrogens is 477 g/mol. The Morgan fingerprint density at radius 1 is 1.11 bits per heavy atom. The highest BCUT2D eigenvalue weighted by atomic mass is 32.1. The summed E-state index contributed by atoms with van der Waals surface area (Å²) in [5.41, 5.74) is 2.88. The van der Waals surface area contributed by atoms with Crippen molar-refractivity contribution < 1.29 is 13.9 Å². The van der Waals surface area contributed by atoms with Crippen molar-refractivity contribution in [1.29, 1.82) is 0 Å². The average molecular weight is 508 g/mol. The van der Waals surface area contributed by atoms with Crippen LogP contribution in [0.2, 0.25) is 0 Å². The van der Waals surface area contributed by atoms with E-state index in [4.69, 9.17) is 4.74 Å². The lowest BCUT2D eigenvalue weighted by atomic mass is 10.1. The molecule has 0 atom stereocenters. The van der Waals surface area contributed by atoms with E-state index in [9.17, 15) is 9.18 Å². The molecule has 5 rings (SSSR count). The number of methoxy groups -OCH3 is 1. The highest BCUT2D eigenvalue weighted by molar-refractivity contribution is 7.20. The van der Waals surface area contributed by atoms with E-state index in [1.54, 1.807) is 7.11 Å². The minimum absolute atomic E-state index is 0.0473. The number of anilines is 1. The zero-order chi connectivity index (χ0) is 25.1. The highest BCUT2D eigenvalue weighted by Crippen LogP contribution is 2.34. The fourth-order valence-corrected chi connectivity index (χ4v) is 5.60. The standard InChI is InChI=1S/C27H30FN5O2S/c1-31-27-23(25(30-31)19-5-3-6-22(17-19)35-2)18-24(36-27)26(34)29-11-4-12-32-13-15-33(16-14-32)21-9-7-20(28)8-10-21/h3,5-10,17-18H,4,11-16H2,1-2H3,(H,29,34). The van der Waals surface area contributed by atoms with Gasteiger partial charge >= 0.3 is 0 Å². The number of carbonyl (C=O) groups is 1. The number of fused-ring (bicyclic) bond motifs is 1. The Hall–Kier alpha value is -3.43. The first-order valence-corrected chi connectivity index (χ1v) is 13.0. The Morgan fingerprint density at radius 2 is 1.89 bits per heavy atom. The zero-order valence-corrected chi connectivity index (χ0v) is 21.4. The number of aryl methyl sites for hydroxylation is 1. The van der Waals surface area contributed by atoms with E-state index in [1.165, 1.54) is 23.5 Å². The maximum Gasteiger partial charge on any atom is 0.261 e. The Balaban J connectivity index is 1.13. The molecule has 2 aromatic heterocycles. The maximum atomic E-state index is 13.2. The Labute approximate surface area is 214 Å². The lowest BCUT2D eigenvalue weighted by Crippen LogP contribution is -2.47. The molecule has 188 valence electrons. The summed E-state index contributed by atoms with van der Waals surface area (Å²) in [5, 5.41) is 8.71. The largest absolute Gasteiger partial charge is 0.497 e. The number of amides is 1. The first-order valence-electron chi connectivity index (χ1n) is 12.1. The van der Waals surface area contributed by atoms with Gasteiger partial charge in [0, 0.05) is 56.4 Å². The number of carbonyl (C=O) groups excluding carboxylic acids is 1. The number of hydrogen-bond acceptors (Lipinski definition) is 6. The molecule has 0 unspecified atom stereocenters. The van der Waals surface area contributed by atoms with Crippen LogP contribution in [0.3, 0.4) is 0 Å². The third-order valence-corrected chi connectivity index (χ3v) is 7.78. The minimum atomic E-state index is -0.205. The summed E-state index contributed by atoms with van der Waals surface area (Å²) < 4.78 is 20.3. The number of hydrogen-bond donors (Lipinski definition) is 1. The number of ether oxygens (including phenoxy) is 1. The van der Waals surface area contributed by atoms with E-state index in [-0.39, 0.29) is 11.7 Å². The molecule has 0 aliphatic carbocycles. The van der Waals surface area contributed by atoms with Gasteiger partial charge in [0.15, 0.2) is 0 Å². The predicted molar refractivity (Wildman–Crippen MR) is 143 cm³/mol. The summed E-state index contributed by atoms with van der Waals surface area (Å²) in [7, 11) is 3.55. The van der Waals surface area contributed by atoms with E-state index in [0.717, 1.165) is 72.1 Å². The van der Waals surface area contributed by atoms with Crippen LogP contribution in [-0.2, 0) is 7.05 Å². The summed E-state index contributed by atoms with van der Waals surface area (Å²) in [5.74, 6) is 0.523. The van der Waals surface area contributed by atoms with Crippen molar-refractivity contribution in [3.63, 3.8) is 0 Å². The molecule has 2 aromatic carbocycles. The minimum Gasteiger partial charge on any atom is -0.497 e. The number of aromatic nitrogens is 2. The van der Waals surface area contributed by atoms with Gasteiger partial charge in [-0.2, -0.15) is 5.10 Å². The predicted octanol–water partition coefficient (Wildman–Crippen LogP) is 4.39. The Morgan fingerprint density at radius 3 is 2.64 bits per heavy atom. The number of rotatable bonds is 8. The number of benzene rings is 2. The topological polar surface area (TPSA) is 62.6 Å². The van der Waals surface area contributed by atoms with Crippen molar-refractivity contribution in [1.82, 2.24) is 20.0 Å². The van der Waals surface area contributed by atoms with E-state index in [0.29, 0.717) is 11.4 Å². The van der Waals surface area contributed by atoms with Gasteiger partial charge in [-0.15, -0.1) is 11.3 Å². The number of thiophene rings is 1. The summed E-state index contributed by atoms with van der Waals surface area (Å²) >= 11 is 1.46. The van der Waals surface area contributed by atoms with E-state index in [2.05, 4.69) is 20.2 Å². The van der Waals surface area contributed by atoms with Crippen LogP contribution in [0.25, 0.3) is 21.5 Å². The van der Waals surface area contributed by atoms with Crippen molar-refractivity contribution in [3.05, 3.63) is 65.3 Å². The number of nitrogens with one attached hydrogen (secondary N) is 1. The molecule has 0 radical (unpaired) electrons. The van der Waals surface area contributed by atoms with Crippen LogP contribution in [0.15, 0.2) is 54.6 Å². The summed E-state index contributed by atoms with van der Waals surface area (Å²) in [4.78, 5) is 19.2. The molecule has 36 heavy (non-hydrogen) atoms. The van der Waals surface area contributed by atoms with E-state index < -0.39 is 0 Å². The van der Waals surface area contributed by atoms with Crippen LogP contribution < -0.4 is 15.0 Å². The first kappa shape index (κ1) is 24.3. The Kier molecular flexibility index (Phi) is 7.20. The zero-order valence-electron chi connectivity index (χ0n) is 20.5. The molecule has 0 bridgehead atoms. The molecule has 1 amide bonds. The van der Waals surface area contributed by atoms with Gasteiger partial charge < -0.3 is 15.0 Å². The molecule has 1 fully saturated rings. The van der Waals surface area contributed by atoms with E-state index in [1.807, 2.05) is 54.2 Å². The quantitative estimate of drug-likeness (QED) is 0.359. The molecular formula is C27H30FN5O2S. The number of nitrogens with zero attached hydrogens (tertiary/aromatic N) is 4. The van der Waals surface area contributed by atoms with Crippen molar-refractivity contribution in [3.8, 4) is 17.0 Å². The van der Waals surface area contributed by atoms with Crippen molar-refractivity contribution in [2.24, 2.45) is 7.05 Å². The maximum absolute atomic E-state index is 13.2. The normalized spacial score (nSPS) is 14.4. The smallest absolute Gasteiger partial charge is 0.261 e. The molecule has 9 heteroatoms. The number of halogens is 1. The molecule has 1 N–H and O–H groups in total. The van der Waals surface area contributed by atoms with Crippen LogP contribution in [-0.4, -0.2) is 67.0 Å². The van der Waals surface area contributed by atoms with Crippen molar-refractivity contribution >= 4 is 33.1 Å². The lowest BCUT2D eigenvalue weighted by molar-refractivity contribution is 0.0955. The summed E-state index contributed by atoms with van der Waals surface area (Å²) in [6.45, 7) is 5.33. The van der Waals surface area contributed by atoms with Gasteiger partial charge in [-0.05, 0) is 55.4 Å². The van der Waals surface area contributed by atoms with Gasteiger partial charge in [-0.1, -0.05) is 12.1 Å². The third-order valence-electron chi connectivity index (χ3n) is 6.58. The molecule has 1 aliphatic rings. The second-order valence-corrected chi connectivity index (χ2v) is 9.98. The van der Waals surface area contributed by atoms with Crippen LogP contribution in [0.5, 0.6) is 5.75 Å². The average Bonchev–Trinajstić information content (AvgIpc) is 3.48. The van der Waals surface area contributed by atoms with Gasteiger partial charge in [-0.25, -0.2) is 4.39 Å². The first-order chi connectivity index (χ1) is 17.5. The van der Waals surface area contributed by atoms with Crippen LogP contribution in [0.1, 0.15) is 16.1 Å². The monoisotopic (exact) mass is 507 g/mol. The van der Waals surface area contributed by atoms with Crippen LogP contribution in [0.4, 0.5) is 10.1 Å². The Bertz CT molecular complexity index is 1340. The molecule has 0 saturated carbocycles. The van der Waals surface area contributed by atoms with Gasteiger partial charge in [0.25, 0.3) is 5.91 Å². The van der Waals surface area contributed by atoms with Crippen molar-refractivity contribution in [2.75, 3.05) is 51.3 Å². The van der Waals surface area contributed by atoms with Crippen LogP contribution >= 0.6 is 11.3 Å². The second-order valence-electron chi connectivity index (χ2n) is 8.95. The highest BCUT2D eigenvalue weighted by Gasteiger charge is 2.19. The molecule has 3 heterocycles. The van der Waals surface area contributed by atoms with Crippen LogP contribution in [0, 0.1) is 5.82 Å². The SMILES string of the molecule is COc1cccc(-c2nn(C)c3sc(C(=O)NCCCN4CCN(c5ccc(F)cc5)CC4)cc23)c1. The molecule has 1 saturated heterocycles. The molecule has 0 spiro atoms. The van der Waals surface area contributed by atoms with Gasteiger partial charge in [0.05, 0.1) is 12.0 Å². The third kappa shape index (κ3) is 5.22. The fraction of sp³-hybridized carbons (Fsp3) is 0.333. The van der Waals surface area contributed by atoms with E-state index >= 15 is 0 Å². The second kappa shape index (κ2) is 10.7. The lowest BCUT2D eigenvalue weighted by Gasteiger charge is -2.36. The number of piperazine rings is 1. The fourth-order valence-electron chi connectivity index (χ4n) is 4.61. The molecule has 4 aromatic rings. The van der Waals surface area contributed by atoms with Gasteiger partial charge in [0.2, 0.25) is 0 Å². The van der Waals surface area contributed by atoms with Gasteiger partial charge in [-0.3, -0.25) is 14.4 Å². The molecule has 1 aliphatic heterocycles. The summed E-state index contributed by atoms with van der Waals surface area (Å²) in [6, 6.07) is 16.4.